The first kappa shape index (κ1) is 20.7. The van der Waals surface area contributed by atoms with Crippen molar-refractivity contribution < 1.29 is 13.2 Å². The van der Waals surface area contributed by atoms with Crippen LogP contribution >= 0.6 is 34.3 Å². The van der Waals surface area contributed by atoms with Gasteiger partial charge in [0.2, 0.25) is 0 Å². The molecule has 1 aliphatic heterocycles. The van der Waals surface area contributed by atoms with E-state index >= 15 is 0 Å². The first-order valence-corrected chi connectivity index (χ1v) is 13.5. The third-order valence-corrected chi connectivity index (χ3v) is 9.20. The Hall–Kier alpha value is -2.20. The van der Waals surface area contributed by atoms with Crippen LogP contribution in [-0.4, -0.2) is 56.6 Å². The van der Waals surface area contributed by atoms with Crippen LogP contribution in [0.2, 0.25) is 5.02 Å². The van der Waals surface area contributed by atoms with Crippen LogP contribution < -0.4 is 4.90 Å². The maximum atomic E-state index is 13.1. The SMILES string of the molecule is CS(=O)(=O)c1ccc2nc(N3CCN(C(=O)c4sc5ccccc5c4Cl)CC3)sc2c1. The second-order valence-corrected chi connectivity index (χ2v) is 11.9. The molecule has 10 heteroatoms. The number of amides is 1. The molecule has 1 amide bonds. The first-order valence-electron chi connectivity index (χ1n) is 9.63. The molecule has 4 aromatic rings. The minimum Gasteiger partial charge on any atom is -0.345 e. The minimum absolute atomic E-state index is 0.0343. The number of thiazole rings is 1. The highest BCUT2D eigenvalue weighted by Crippen LogP contribution is 2.36. The number of sulfone groups is 1. The van der Waals surface area contributed by atoms with Crippen molar-refractivity contribution in [3.05, 3.63) is 52.4 Å². The van der Waals surface area contributed by atoms with Crippen LogP contribution in [0.4, 0.5) is 5.13 Å². The van der Waals surface area contributed by atoms with Gasteiger partial charge >= 0.3 is 0 Å². The molecule has 6 nitrogen and oxygen atoms in total. The zero-order valence-corrected chi connectivity index (χ0v) is 19.7. The molecule has 0 atom stereocenters. The van der Waals surface area contributed by atoms with Crippen molar-refractivity contribution in [2.24, 2.45) is 0 Å². The van der Waals surface area contributed by atoms with Crippen molar-refractivity contribution in [2.75, 3.05) is 37.3 Å². The Kier molecular flexibility index (Phi) is 5.16. The molecule has 1 saturated heterocycles. The first-order chi connectivity index (χ1) is 14.8. The minimum atomic E-state index is -3.26. The van der Waals surface area contributed by atoms with E-state index in [9.17, 15) is 13.2 Å². The third kappa shape index (κ3) is 3.80. The Labute approximate surface area is 192 Å². The fourth-order valence-corrected chi connectivity index (χ4v) is 6.91. The van der Waals surface area contributed by atoms with Crippen LogP contribution in [0.25, 0.3) is 20.3 Å². The van der Waals surface area contributed by atoms with E-state index in [2.05, 4.69) is 9.88 Å². The van der Waals surface area contributed by atoms with Gasteiger partial charge in [0.15, 0.2) is 15.0 Å². The highest BCUT2D eigenvalue weighted by atomic mass is 35.5. The molecule has 3 heterocycles. The van der Waals surface area contributed by atoms with Gasteiger partial charge in [-0.25, -0.2) is 13.4 Å². The van der Waals surface area contributed by atoms with Crippen LogP contribution in [0.5, 0.6) is 0 Å². The zero-order chi connectivity index (χ0) is 21.8. The normalized spacial score (nSPS) is 15.2. The Morgan fingerprint density at radius 3 is 2.48 bits per heavy atom. The van der Waals surface area contributed by atoms with Gasteiger partial charge in [-0.15, -0.1) is 11.3 Å². The molecule has 160 valence electrons. The molecule has 0 bridgehead atoms. The topological polar surface area (TPSA) is 70.6 Å². The number of nitrogens with zero attached hydrogens (tertiary/aromatic N) is 3. The summed E-state index contributed by atoms with van der Waals surface area (Å²) in [6.07, 6.45) is 1.20. The van der Waals surface area contributed by atoms with Crippen LogP contribution in [0.1, 0.15) is 9.67 Å². The number of hydrogen-bond donors (Lipinski definition) is 0. The number of fused-ring (bicyclic) bond motifs is 2. The smallest absolute Gasteiger partial charge is 0.265 e. The van der Waals surface area contributed by atoms with Crippen molar-refractivity contribution in [3.8, 4) is 0 Å². The molecule has 0 N–H and O–H groups in total. The second-order valence-electron chi connectivity index (χ2n) is 7.42. The van der Waals surface area contributed by atoms with Crippen LogP contribution in [0.15, 0.2) is 47.4 Å². The summed E-state index contributed by atoms with van der Waals surface area (Å²) in [4.78, 5) is 22.6. The number of anilines is 1. The number of rotatable bonds is 3. The Balaban J connectivity index is 1.33. The highest BCUT2D eigenvalue weighted by Gasteiger charge is 2.27. The molecule has 5 rings (SSSR count). The summed E-state index contributed by atoms with van der Waals surface area (Å²) in [6, 6.07) is 12.8. The molecule has 0 saturated carbocycles. The van der Waals surface area contributed by atoms with E-state index < -0.39 is 9.84 Å². The van der Waals surface area contributed by atoms with Crippen molar-refractivity contribution in [3.63, 3.8) is 0 Å². The number of hydrogen-bond acceptors (Lipinski definition) is 7. The predicted molar refractivity (Wildman–Crippen MR) is 128 cm³/mol. The average Bonchev–Trinajstić information content (AvgIpc) is 3.34. The Morgan fingerprint density at radius 1 is 1.03 bits per heavy atom. The molecule has 0 radical (unpaired) electrons. The highest BCUT2D eigenvalue weighted by molar-refractivity contribution is 7.90. The summed E-state index contributed by atoms with van der Waals surface area (Å²) in [7, 11) is -3.26. The summed E-state index contributed by atoms with van der Waals surface area (Å²) in [5, 5.41) is 2.28. The molecule has 0 unspecified atom stereocenters. The molecule has 1 fully saturated rings. The maximum Gasteiger partial charge on any atom is 0.265 e. The lowest BCUT2D eigenvalue weighted by molar-refractivity contribution is 0.0752. The monoisotopic (exact) mass is 491 g/mol. The number of carbonyl (C=O) groups excluding carboxylic acids is 1. The van der Waals surface area contributed by atoms with Crippen LogP contribution in [0, 0.1) is 0 Å². The third-order valence-electron chi connectivity index (χ3n) is 5.34. The van der Waals surface area contributed by atoms with Crippen molar-refractivity contribution in [2.45, 2.75) is 4.90 Å². The van der Waals surface area contributed by atoms with E-state index in [4.69, 9.17) is 11.6 Å². The number of thiophene rings is 1. The van der Waals surface area contributed by atoms with Gasteiger partial charge in [-0.05, 0) is 24.3 Å². The van der Waals surface area contributed by atoms with E-state index in [0.29, 0.717) is 41.0 Å². The maximum absolute atomic E-state index is 13.1. The fourth-order valence-electron chi connectivity index (χ4n) is 3.65. The summed E-state index contributed by atoms with van der Waals surface area (Å²) in [6.45, 7) is 2.47. The van der Waals surface area contributed by atoms with E-state index in [1.165, 1.54) is 28.9 Å². The largest absolute Gasteiger partial charge is 0.345 e. The summed E-state index contributed by atoms with van der Waals surface area (Å²) in [5.74, 6) is -0.0343. The second kappa shape index (κ2) is 7.74. The van der Waals surface area contributed by atoms with Gasteiger partial charge in [0, 0.05) is 42.5 Å². The van der Waals surface area contributed by atoms with E-state index in [-0.39, 0.29) is 5.91 Å². The zero-order valence-electron chi connectivity index (χ0n) is 16.5. The lowest BCUT2D eigenvalue weighted by Crippen LogP contribution is -2.48. The molecule has 0 spiro atoms. The van der Waals surface area contributed by atoms with E-state index in [1.54, 1.807) is 18.2 Å². The van der Waals surface area contributed by atoms with Gasteiger partial charge in [-0.1, -0.05) is 41.1 Å². The number of benzene rings is 2. The predicted octanol–water partition coefficient (Wildman–Crippen LogP) is 4.53. The van der Waals surface area contributed by atoms with Crippen LogP contribution in [0.3, 0.4) is 0 Å². The van der Waals surface area contributed by atoms with Gasteiger partial charge in [0.1, 0.15) is 4.88 Å². The number of piperazine rings is 1. The van der Waals surface area contributed by atoms with E-state index in [0.717, 1.165) is 25.4 Å². The van der Waals surface area contributed by atoms with Gasteiger partial charge in [-0.3, -0.25) is 4.79 Å². The summed E-state index contributed by atoms with van der Waals surface area (Å²) in [5.41, 5.74) is 0.781. The average molecular weight is 492 g/mol. The molecule has 31 heavy (non-hydrogen) atoms. The van der Waals surface area contributed by atoms with Crippen LogP contribution in [-0.2, 0) is 9.84 Å². The lowest BCUT2D eigenvalue weighted by atomic mass is 10.2. The molecule has 2 aromatic carbocycles. The Morgan fingerprint density at radius 2 is 1.77 bits per heavy atom. The lowest BCUT2D eigenvalue weighted by Gasteiger charge is -2.34. The molecular formula is C21H18ClN3O3S3. The van der Waals surface area contributed by atoms with Gasteiger partial charge in [0.25, 0.3) is 5.91 Å². The quantitative estimate of drug-likeness (QED) is 0.421. The number of aromatic nitrogens is 1. The fraction of sp³-hybridized carbons (Fsp3) is 0.238. The Bertz CT molecular complexity index is 1420. The molecule has 0 aliphatic carbocycles. The molecule has 2 aromatic heterocycles. The number of carbonyl (C=O) groups is 1. The molecule has 1 aliphatic rings. The summed E-state index contributed by atoms with van der Waals surface area (Å²) >= 11 is 9.39. The van der Waals surface area contributed by atoms with Gasteiger partial charge < -0.3 is 9.80 Å². The summed E-state index contributed by atoms with van der Waals surface area (Å²) < 4.78 is 25.5. The van der Waals surface area contributed by atoms with E-state index in [1.807, 2.05) is 29.2 Å². The number of halogens is 1. The standard InChI is InChI=1S/C21H18ClN3O3S3/c1-31(27,28)13-6-7-15-17(12-13)30-21(23-15)25-10-8-24(9-11-25)20(26)19-18(22)14-4-2-3-5-16(14)29-19/h2-7,12H,8-11H2,1H3. The van der Waals surface area contributed by atoms with Crippen molar-refractivity contribution in [1.82, 2.24) is 9.88 Å². The van der Waals surface area contributed by atoms with Crippen molar-refractivity contribution in [1.29, 1.82) is 0 Å². The van der Waals surface area contributed by atoms with Crippen molar-refractivity contribution >= 4 is 75.5 Å². The van der Waals surface area contributed by atoms with Gasteiger partial charge in [-0.2, -0.15) is 0 Å². The van der Waals surface area contributed by atoms with Gasteiger partial charge in [0.05, 0.1) is 20.1 Å². The molecular weight excluding hydrogens is 474 g/mol.